The average molecular weight is 356 g/mol. The third kappa shape index (κ3) is 4.68. The molecule has 0 aliphatic carbocycles. The minimum Gasteiger partial charge on any atom is -0.496 e. The topological polar surface area (TPSA) is 93.7 Å². The van der Waals surface area contributed by atoms with Gasteiger partial charge in [0.25, 0.3) is 5.91 Å². The van der Waals surface area contributed by atoms with Gasteiger partial charge in [-0.25, -0.2) is 13.1 Å². The normalized spacial score (nSPS) is 17.7. The van der Waals surface area contributed by atoms with Crippen LogP contribution in [0.4, 0.5) is 0 Å². The van der Waals surface area contributed by atoms with Crippen molar-refractivity contribution in [2.75, 3.05) is 26.8 Å². The summed E-state index contributed by atoms with van der Waals surface area (Å²) < 4.78 is 38.0. The van der Waals surface area contributed by atoms with Gasteiger partial charge in [0.1, 0.15) is 5.75 Å². The monoisotopic (exact) mass is 356 g/mol. The van der Waals surface area contributed by atoms with Crippen molar-refractivity contribution in [3.8, 4) is 5.75 Å². The summed E-state index contributed by atoms with van der Waals surface area (Å²) >= 11 is 0. The Labute approximate surface area is 142 Å². The number of methoxy groups -OCH3 is 1. The van der Waals surface area contributed by atoms with Gasteiger partial charge in [0, 0.05) is 19.7 Å². The number of nitrogens with one attached hydrogen (secondary N) is 2. The first-order chi connectivity index (χ1) is 11.5. The van der Waals surface area contributed by atoms with E-state index in [1.54, 1.807) is 0 Å². The van der Waals surface area contributed by atoms with Gasteiger partial charge in [-0.15, -0.1) is 0 Å². The molecule has 1 aliphatic heterocycles. The van der Waals surface area contributed by atoms with Crippen LogP contribution in [0.3, 0.4) is 0 Å². The lowest BCUT2D eigenvalue weighted by atomic mass is 10.2. The lowest BCUT2D eigenvalue weighted by Crippen LogP contribution is -2.32. The fraction of sp³-hybridized carbons (Fsp3) is 0.562. The number of amides is 1. The average Bonchev–Trinajstić information content (AvgIpc) is 3.11. The van der Waals surface area contributed by atoms with Gasteiger partial charge < -0.3 is 14.8 Å². The number of sulfonamides is 1. The van der Waals surface area contributed by atoms with Gasteiger partial charge in [0.2, 0.25) is 10.0 Å². The van der Waals surface area contributed by atoms with Crippen LogP contribution in [0.2, 0.25) is 0 Å². The number of carbonyl (C=O) groups excluding carboxylic acids is 1. The molecular formula is C16H24N2O5S. The number of hydrogen-bond donors (Lipinski definition) is 2. The standard InChI is InChI=1S/C16H24N2O5S/c1-3-8-17-16(19)14-10-13(6-7-15(14)22-2)24(20,21)18-11-12-5-4-9-23-12/h6-7,10,12,18H,3-5,8-9,11H2,1-2H3,(H,17,19)/t12-/m1/s1. The lowest BCUT2D eigenvalue weighted by Gasteiger charge is -2.14. The van der Waals surface area contributed by atoms with Crippen LogP contribution in [0.1, 0.15) is 36.5 Å². The second kappa shape index (κ2) is 8.46. The van der Waals surface area contributed by atoms with E-state index >= 15 is 0 Å². The molecule has 2 rings (SSSR count). The van der Waals surface area contributed by atoms with Gasteiger partial charge in [0.15, 0.2) is 0 Å². The summed E-state index contributed by atoms with van der Waals surface area (Å²) in [4.78, 5) is 12.2. The number of carbonyl (C=O) groups is 1. The van der Waals surface area contributed by atoms with Crippen LogP contribution >= 0.6 is 0 Å². The van der Waals surface area contributed by atoms with Crippen molar-refractivity contribution in [2.24, 2.45) is 0 Å². The fourth-order valence-corrected chi connectivity index (χ4v) is 3.55. The summed E-state index contributed by atoms with van der Waals surface area (Å²) in [5.41, 5.74) is 0.200. The molecule has 1 saturated heterocycles. The minimum absolute atomic E-state index is 0.0305. The van der Waals surface area contributed by atoms with E-state index in [-0.39, 0.29) is 29.0 Å². The Balaban J connectivity index is 2.17. The molecule has 0 aromatic heterocycles. The molecule has 1 fully saturated rings. The Morgan fingerprint density at radius 2 is 2.21 bits per heavy atom. The largest absolute Gasteiger partial charge is 0.496 e. The van der Waals surface area contributed by atoms with Crippen LogP contribution in [0.25, 0.3) is 0 Å². The molecule has 0 bridgehead atoms. The summed E-state index contributed by atoms with van der Waals surface area (Å²) in [5, 5.41) is 2.72. The summed E-state index contributed by atoms with van der Waals surface area (Å²) in [6.07, 6.45) is 2.48. The SMILES string of the molecule is CCCNC(=O)c1cc(S(=O)(=O)NC[C@H]2CCCO2)ccc1OC. The Morgan fingerprint density at radius 1 is 1.42 bits per heavy atom. The Morgan fingerprint density at radius 3 is 2.83 bits per heavy atom. The summed E-state index contributed by atoms with van der Waals surface area (Å²) in [5.74, 6) is -0.0217. The van der Waals surface area contributed by atoms with Gasteiger partial charge in [-0.2, -0.15) is 0 Å². The molecule has 8 heteroatoms. The molecule has 2 N–H and O–H groups in total. The van der Waals surface area contributed by atoms with Crippen LogP contribution < -0.4 is 14.8 Å². The predicted octanol–water partition coefficient (Wildman–Crippen LogP) is 1.29. The van der Waals surface area contributed by atoms with Gasteiger partial charge in [-0.3, -0.25) is 4.79 Å². The zero-order valence-electron chi connectivity index (χ0n) is 14.0. The molecule has 134 valence electrons. The highest BCUT2D eigenvalue weighted by Gasteiger charge is 2.22. The smallest absolute Gasteiger partial charge is 0.255 e. The second-order valence-electron chi connectivity index (χ2n) is 5.60. The number of ether oxygens (including phenoxy) is 2. The van der Waals surface area contributed by atoms with Crippen LogP contribution in [0, 0.1) is 0 Å². The van der Waals surface area contributed by atoms with E-state index in [4.69, 9.17) is 9.47 Å². The van der Waals surface area contributed by atoms with Crippen LogP contribution in [-0.2, 0) is 14.8 Å². The highest BCUT2D eigenvalue weighted by Crippen LogP contribution is 2.22. The number of rotatable bonds is 8. The van der Waals surface area contributed by atoms with E-state index in [1.165, 1.54) is 25.3 Å². The molecule has 1 aliphatic rings. The molecule has 1 aromatic carbocycles. The summed E-state index contributed by atoms with van der Waals surface area (Å²) in [7, 11) is -2.27. The van der Waals surface area contributed by atoms with Gasteiger partial charge in [-0.05, 0) is 37.5 Å². The van der Waals surface area contributed by atoms with Crippen LogP contribution in [0.15, 0.2) is 23.1 Å². The zero-order valence-corrected chi connectivity index (χ0v) is 14.8. The van der Waals surface area contributed by atoms with E-state index in [1.807, 2.05) is 6.92 Å². The molecule has 1 heterocycles. The molecule has 0 spiro atoms. The van der Waals surface area contributed by atoms with Crippen LogP contribution in [0.5, 0.6) is 5.75 Å². The molecule has 1 aromatic rings. The van der Waals surface area contributed by atoms with Crippen molar-refractivity contribution in [1.82, 2.24) is 10.0 Å². The Bertz CT molecular complexity index is 669. The third-order valence-corrected chi connectivity index (χ3v) is 5.21. The fourth-order valence-electron chi connectivity index (χ4n) is 2.46. The summed E-state index contributed by atoms with van der Waals surface area (Å²) in [6.45, 7) is 3.34. The molecule has 0 saturated carbocycles. The van der Waals surface area contributed by atoms with Crippen molar-refractivity contribution >= 4 is 15.9 Å². The molecule has 0 unspecified atom stereocenters. The van der Waals surface area contributed by atoms with Gasteiger partial charge in [0.05, 0.1) is 23.7 Å². The first kappa shape index (κ1) is 18.7. The van der Waals surface area contributed by atoms with Crippen molar-refractivity contribution in [2.45, 2.75) is 37.2 Å². The molecular weight excluding hydrogens is 332 g/mol. The summed E-state index contributed by atoms with van der Waals surface area (Å²) in [6, 6.07) is 4.25. The van der Waals surface area contributed by atoms with E-state index in [0.717, 1.165) is 19.3 Å². The second-order valence-corrected chi connectivity index (χ2v) is 7.37. The first-order valence-corrected chi connectivity index (χ1v) is 9.53. The molecule has 1 amide bonds. The number of benzene rings is 1. The van der Waals surface area contributed by atoms with Crippen molar-refractivity contribution < 1.29 is 22.7 Å². The lowest BCUT2D eigenvalue weighted by molar-refractivity contribution is 0.0950. The maximum absolute atomic E-state index is 12.4. The van der Waals surface area contributed by atoms with E-state index in [0.29, 0.717) is 18.9 Å². The Hall–Kier alpha value is -1.64. The van der Waals surface area contributed by atoms with Gasteiger partial charge in [-0.1, -0.05) is 6.92 Å². The molecule has 0 radical (unpaired) electrons. The maximum atomic E-state index is 12.4. The van der Waals surface area contributed by atoms with Crippen LogP contribution in [-0.4, -0.2) is 47.2 Å². The minimum atomic E-state index is -3.71. The number of hydrogen-bond acceptors (Lipinski definition) is 5. The van der Waals surface area contributed by atoms with Gasteiger partial charge >= 0.3 is 0 Å². The maximum Gasteiger partial charge on any atom is 0.255 e. The highest BCUT2D eigenvalue weighted by molar-refractivity contribution is 7.89. The first-order valence-electron chi connectivity index (χ1n) is 8.05. The third-order valence-electron chi connectivity index (χ3n) is 3.79. The quantitative estimate of drug-likeness (QED) is 0.732. The Kier molecular flexibility index (Phi) is 6.59. The molecule has 7 nitrogen and oxygen atoms in total. The van der Waals surface area contributed by atoms with Crippen molar-refractivity contribution in [3.63, 3.8) is 0 Å². The van der Waals surface area contributed by atoms with E-state index < -0.39 is 10.0 Å². The van der Waals surface area contributed by atoms with E-state index in [2.05, 4.69) is 10.0 Å². The molecule has 1 atom stereocenters. The predicted molar refractivity (Wildman–Crippen MR) is 89.8 cm³/mol. The van der Waals surface area contributed by atoms with Crippen molar-refractivity contribution in [3.05, 3.63) is 23.8 Å². The zero-order chi connectivity index (χ0) is 17.6. The highest BCUT2D eigenvalue weighted by atomic mass is 32.2. The molecule has 24 heavy (non-hydrogen) atoms. The van der Waals surface area contributed by atoms with Crippen molar-refractivity contribution in [1.29, 1.82) is 0 Å². The van der Waals surface area contributed by atoms with E-state index in [9.17, 15) is 13.2 Å².